The molecule has 0 saturated carbocycles. The van der Waals surface area contributed by atoms with E-state index < -0.39 is 0 Å². The third kappa shape index (κ3) is 5.41. The maximum absolute atomic E-state index is 12.4. The number of aromatic nitrogens is 1. The molecular weight excluding hydrogens is 388 g/mol. The van der Waals surface area contributed by atoms with Gasteiger partial charge in [0.1, 0.15) is 5.75 Å². The lowest BCUT2D eigenvalue weighted by molar-refractivity contribution is 0.0951. The fourth-order valence-corrected chi connectivity index (χ4v) is 3.84. The van der Waals surface area contributed by atoms with Gasteiger partial charge in [-0.05, 0) is 47.5 Å². The van der Waals surface area contributed by atoms with Crippen LogP contribution in [0.5, 0.6) is 5.75 Å². The lowest BCUT2D eigenvalue weighted by Gasteiger charge is -2.36. The minimum absolute atomic E-state index is 0.0613. The first-order valence-electron chi connectivity index (χ1n) is 10.6. The van der Waals surface area contributed by atoms with Gasteiger partial charge >= 0.3 is 0 Å². The van der Waals surface area contributed by atoms with Gasteiger partial charge < -0.3 is 15.0 Å². The molecule has 0 radical (unpaired) electrons. The number of ether oxygens (including phenoxy) is 1. The van der Waals surface area contributed by atoms with Crippen LogP contribution < -0.4 is 15.0 Å². The van der Waals surface area contributed by atoms with Gasteiger partial charge in [-0.1, -0.05) is 24.3 Å². The summed E-state index contributed by atoms with van der Waals surface area (Å²) in [6.07, 6.45) is 3.46. The molecule has 0 unspecified atom stereocenters. The van der Waals surface area contributed by atoms with Gasteiger partial charge in [0.25, 0.3) is 5.91 Å². The summed E-state index contributed by atoms with van der Waals surface area (Å²) in [6, 6.07) is 19.9. The number of amides is 1. The van der Waals surface area contributed by atoms with Crippen molar-refractivity contribution in [2.45, 2.75) is 13.1 Å². The first-order valence-corrected chi connectivity index (χ1v) is 10.6. The Kier molecular flexibility index (Phi) is 6.79. The molecule has 4 rings (SSSR count). The fraction of sp³-hybridized carbons (Fsp3) is 0.280. The number of methoxy groups -OCH3 is 1. The zero-order valence-electron chi connectivity index (χ0n) is 17.8. The Morgan fingerprint density at radius 1 is 0.935 bits per heavy atom. The van der Waals surface area contributed by atoms with Crippen molar-refractivity contribution < 1.29 is 9.53 Å². The number of carbonyl (C=O) groups excluding carboxylic acids is 1. The van der Waals surface area contributed by atoms with E-state index in [1.165, 1.54) is 5.56 Å². The van der Waals surface area contributed by atoms with Gasteiger partial charge in [-0.3, -0.25) is 14.7 Å². The normalized spacial score (nSPS) is 14.3. The van der Waals surface area contributed by atoms with Gasteiger partial charge in [0.05, 0.1) is 12.8 Å². The van der Waals surface area contributed by atoms with Crippen molar-refractivity contribution in [3.8, 4) is 5.75 Å². The molecule has 0 aliphatic carbocycles. The molecule has 1 amide bonds. The number of rotatable bonds is 7. The summed E-state index contributed by atoms with van der Waals surface area (Å²) >= 11 is 0. The fourth-order valence-electron chi connectivity index (χ4n) is 3.84. The maximum atomic E-state index is 12.4. The molecule has 6 heteroatoms. The van der Waals surface area contributed by atoms with Crippen LogP contribution in [-0.4, -0.2) is 49.1 Å². The smallest absolute Gasteiger partial charge is 0.251 e. The predicted octanol–water partition coefficient (Wildman–Crippen LogP) is 3.34. The number of benzene rings is 2. The summed E-state index contributed by atoms with van der Waals surface area (Å²) in [7, 11) is 1.72. The van der Waals surface area contributed by atoms with Gasteiger partial charge in [0, 0.05) is 57.2 Å². The number of hydrogen-bond donors (Lipinski definition) is 1. The lowest BCUT2D eigenvalue weighted by atomic mass is 10.1. The van der Waals surface area contributed by atoms with E-state index in [4.69, 9.17) is 4.74 Å². The molecule has 1 saturated heterocycles. The average molecular weight is 417 g/mol. The van der Waals surface area contributed by atoms with Crippen LogP contribution in [0, 0.1) is 0 Å². The van der Waals surface area contributed by atoms with Gasteiger partial charge in [-0.25, -0.2) is 0 Å². The van der Waals surface area contributed by atoms with Gasteiger partial charge in [0.2, 0.25) is 0 Å². The quantitative estimate of drug-likeness (QED) is 0.640. The molecule has 2 aromatic carbocycles. The standard InChI is InChI=1S/C25H28N4O2/c1-31-24-5-3-2-4-23(24)29-16-14-28(15-17-29)19-21-6-8-22(9-7-21)25(30)27-18-20-10-12-26-13-11-20/h2-13H,14-19H2,1H3,(H,27,30). The first kappa shape index (κ1) is 20.9. The summed E-state index contributed by atoms with van der Waals surface area (Å²) in [4.78, 5) is 21.2. The average Bonchev–Trinajstić information content (AvgIpc) is 2.84. The Bertz CT molecular complexity index is 984. The van der Waals surface area contributed by atoms with Crippen LogP contribution in [0.25, 0.3) is 0 Å². The van der Waals surface area contributed by atoms with E-state index in [2.05, 4.69) is 32.2 Å². The van der Waals surface area contributed by atoms with Crippen LogP contribution in [-0.2, 0) is 13.1 Å². The van der Waals surface area contributed by atoms with E-state index in [-0.39, 0.29) is 5.91 Å². The van der Waals surface area contributed by atoms with Crippen molar-refractivity contribution in [2.24, 2.45) is 0 Å². The van der Waals surface area contributed by atoms with Gasteiger partial charge in [0.15, 0.2) is 0 Å². The van der Waals surface area contributed by atoms with Crippen LogP contribution in [0.3, 0.4) is 0 Å². The predicted molar refractivity (Wildman–Crippen MR) is 122 cm³/mol. The molecule has 1 N–H and O–H groups in total. The van der Waals surface area contributed by atoms with Crippen molar-refractivity contribution in [2.75, 3.05) is 38.2 Å². The number of para-hydroxylation sites is 2. The number of hydrogen-bond acceptors (Lipinski definition) is 5. The highest BCUT2D eigenvalue weighted by molar-refractivity contribution is 5.94. The van der Waals surface area contributed by atoms with Crippen molar-refractivity contribution in [1.29, 1.82) is 0 Å². The summed E-state index contributed by atoms with van der Waals surface area (Å²) in [5.41, 5.74) is 4.09. The van der Waals surface area contributed by atoms with Crippen LogP contribution in [0.15, 0.2) is 73.1 Å². The molecule has 1 aliphatic rings. The zero-order chi connectivity index (χ0) is 21.5. The SMILES string of the molecule is COc1ccccc1N1CCN(Cc2ccc(C(=O)NCc3ccncc3)cc2)CC1. The number of nitrogens with one attached hydrogen (secondary N) is 1. The second-order valence-electron chi connectivity index (χ2n) is 7.67. The zero-order valence-corrected chi connectivity index (χ0v) is 17.8. The summed E-state index contributed by atoms with van der Waals surface area (Å²) in [5.74, 6) is 0.863. The Morgan fingerprint density at radius 3 is 2.35 bits per heavy atom. The number of anilines is 1. The Hall–Kier alpha value is -3.38. The second kappa shape index (κ2) is 10.1. The molecule has 0 bridgehead atoms. The minimum atomic E-state index is -0.0613. The molecule has 1 aromatic heterocycles. The first-order chi connectivity index (χ1) is 15.2. The molecule has 31 heavy (non-hydrogen) atoms. The molecule has 0 spiro atoms. The minimum Gasteiger partial charge on any atom is -0.495 e. The molecular formula is C25H28N4O2. The van der Waals surface area contributed by atoms with Gasteiger partial charge in [-0.2, -0.15) is 0 Å². The van der Waals surface area contributed by atoms with Crippen LogP contribution in [0.2, 0.25) is 0 Å². The monoisotopic (exact) mass is 416 g/mol. The Labute approximate surface area is 183 Å². The van der Waals surface area contributed by atoms with E-state index in [1.54, 1.807) is 19.5 Å². The van der Waals surface area contributed by atoms with Crippen molar-refractivity contribution in [3.05, 3.63) is 89.7 Å². The molecule has 0 atom stereocenters. The number of pyridine rings is 1. The summed E-state index contributed by atoms with van der Waals surface area (Å²) in [6.45, 7) is 5.31. The van der Waals surface area contributed by atoms with Crippen LogP contribution in [0.1, 0.15) is 21.5 Å². The van der Waals surface area contributed by atoms with E-state index >= 15 is 0 Å². The molecule has 1 aliphatic heterocycles. The van der Waals surface area contributed by atoms with E-state index in [9.17, 15) is 4.79 Å². The highest BCUT2D eigenvalue weighted by atomic mass is 16.5. The molecule has 2 heterocycles. The number of piperazine rings is 1. The number of carbonyl (C=O) groups is 1. The Balaban J connectivity index is 1.27. The van der Waals surface area contributed by atoms with Crippen molar-refractivity contribution >= 4 is 11.6 Å². The maximum Gasteiger partial charge on any atom is 0.251 e. The molecule has 1 fully saturated rings. The summed E-state index contributed by atoms with van der Waals surface area (Å²) < 4.78 is 5.50. The van der Waals surface area contributed by atoms with E-state index in [0.29, 0.717) is 12.1 Å². The molecule has 160 valence electrons. The van der Waals surface area contributed by atoms with Gasteiger partial charge in [-0.15, -0.1) is 0 Å². The summed E-state index contributed by atoms with van der Waals surface area (Å²) in [5, 5.41) is 2.95. The van der Waals surface area contributed by atoms with Crippen molar-refractivity contribution in [3.63, 3.8) is 0 Å². The second-order valence-corrected chi connectivity index (χ2v) is 7.67. The van der Waals surface area contributed by atoms with Crippen LogP contribution >= 0.6 is 0 Å². The van der Waals surface area contributed by atoms with E-state index in [0.717, 1.165) is 49.7 Å². The Morgan fingerprint density at radius 2 is 1.65 bits per heavy atom. The highest BCUT2D eigenvalue weighted by Gasteiger charge is 2.19. The van der Waals surface area contributed by atoms with Crippen molar-refractivity contribution in [1.82, 2.24) is 15.2 Å². The topological polar surface area (TPSA) is 57.7 Å². The molecule has 3 aromatic rings. The van der Waals surface area contributed by atoms with E-state index in [1.807, 2.05) is 48.5 Å². The number of nitrogens with zero attached hydrogens (tertiary/aromatic N) is 3. The third-order valence-electron chi connectivity index (χ3n) is 5.62. The lowest BCUT2D eigenvalue weighted by Crippen LogP contribution is -2.46. The molecule has 6 nitrogen and oxygen atoms in total. The largest absolute Gasteiger partial charge is 0.495 e. The van der Waals surface area contributed by atoms with Crippen LogP contribution in [0.4, 0.5) is 5.69 Å². The highest BCUT2D eigenvalue weighted by Crippen LogP contribution is 2.28. The third-order valence-corrected chi connectivity index (χ3v) is 5.62.